The van der Waals surface area contributed by atoms with Gasteiger partial charge in [-0.3, -0.25) is 4.79 Å². The third-order valence-corrected chi connectivity index (χ3v) is 5.26. The third kappa shape index (κ3) is 3.93. The molecule has 4 N–H and O–H groups in total. The lowest BCUT2D eigenvalue weighted by atomic mass is 9.74. The Hall–Kier alpha value is -0.610. The second-order valence-corrected chi connectivity index (χ2v) is 6.58. The van der Waals surface area contributed by atoms with Gasteiger partial charge in [0, 0.05) is 6.04 Å². The van der Waals surface area contributed by atoms with Crippen LogP contribution < -0.4 is 11.5 Å². The van der Waals surface area contributed by atoms with E-state index in [-0.39, 0.29) is 0 Å². The van der Waals surface area contributed by atoms with E-state index >= 15 is 0 Å². The van der Waals surface area contributed by atoms with Gasteiger partial charge in [0.25, 0.3) is 0 Å². The van der Waals surface area contributed by atoms with Crippen molar-refractivity contribution in [1.29, 1.82) is 0 Å². The second kappa shape index (κ2) is 6.23. The van der Waals surface area contributed by atoms with Gasteiger partial charge in [0.15, 0.2) is 0 Å². The number of rotatable bonds is 6. The summed E-state index contributed by atoms with van der Waals surface area (Å²) in [4.78, 5) is 13.8. The standard InChI is InChI=1S/C15H31N3O/c1-5-15(6-2)7-9-18(10-8-15)12(3)11-14(4,17)13(16)19/h12H,5-11,17H2,1-4H3,(H2,16,19). The largest absolute Gasteiger partial charge is 0.368 e. The Labute approximate surface area is 117 Å². The van der Waals surface area contributed by atoms with Crippen molar-refractivity contribution in [2.75, 3.05) is 13.1 Å². The molecule has 1 heterocycles. The summed E-state index contributed by atoms with van der Waals surface area (Å²) in [6.07, 6.45) is 5.67. The van der Waals surface area contributed by atoms with E-state index in [0.717, 1.165) is 13.1 Å². The monoisotopic (exact) mass is 269 g/mol. The average Bonchev–Trinajstić information content (AvgIpc) is 2.38. The number of likely N-dealkylation sites (tertiary alicyclic amines) is 1. The summed E-state index contributed by atoms with van der Waals surface area (Å²) in [6.45, 7) is 10.7. The highest BCUT2D eigenvalue weighted by atomic mass is 16.1. The molecule has 0 aromatic heterocycles. The van der Waals surface area contributed by atoms with Crippen molar-refractivity contribution in [2.45, 2.75) is 71.4 Å². The van der Waals surface area contributed by atoms with Crippen molar-refractivity contribution >= 4 is 5.91 Å². The zero-order valence-corrected chi connectivity index (χ0v) is 13.0. The molecule has 1 aliphatic rings. The van der Waals surface area contributed by atoms with Gasteiger partial charge in [-0.05, 0) is 51.6 Å². The summed E-state index contributed by atoms with van der Waals surface area (Å²) in [5, 5.41) is 0. The van der Waals surface area contributed by atoms with E-state index in [2.05, 4.69) is 25.7 Å². The maximum atomic E-state index is 11.3. The van der Waals surface area contributed by atoms with E-state index in [4.69, 9.17) is 11.5 Å². The van der Waals surface area contributed by atoms with Crippen LogP contribution in [0, 0.1) is 5.41 Å². The van der Waals surface area contributed by atoms with Gasteiger partial charge in [0.1, 0.15) is 0 Å². The Kier molecular flexibility index (Phi) is 5.39. The Balaban J connectivity index is 2.54. The zero-order valence-electron chi connectivity index (χ0n) is 13.0. The van der Waals surface area contributed by atoms with E-state index in [1.54, 1.807) is 6.92 Å². The fourth-order valence-electron chi connectivity index (χ4n) is 3.24. The molecular weight excluding hydrogens is 238 g/mol. The van der Waals surface area contributed by atoms with Crippen LogP contribution in [-0.4, -0.2) is 35.5 Å². The van der Waals surface area contributed by atoms with Crippen LogP contribution in [0.2, 0.25) is 0 Å². The molecule has 4 heteroatoms. The van der Waals surface area contributed by atoms with Crippen LogP contribution in [0.3, 0.4) is 0 Å². The molecule has 1 amide bonds. The number of carbonyl (C=O) groups excluding carboxylic acids is 1. The molecule has 0 bridgehead atoms. The highest BCUT2D eigenvalue weighted by molar-refractivity contribution is 5.83. The van der Waals surface area contributed by atoms with Gasteiger partial charge in [0.05, 0.1) is 5.54 Å². The van der Waals surface area contributed by atoms with Gasteiger partial charge < -0.3 is 16.4 Å². The molecule has 4 nitrogen and oxygen atoms in total. The van der Waals surface area contributed by atoms with Crippen LogP contribution in [0.5, 0.6) is 0 Å². The lowest BCUT2D eigenvalue weighted by Crippen LogP contribution is -2.54. The maximum absolute atomic E-state index is 11.3. The van der Waals surface area contributed by atoms with Crippen LogP contribution in [0.1, 0.15) is 59.8 Å². The lowest BCUT2D eigenvalue weighted by Gasteiger charge is -2.44. The Morgan fingerprint density at radius 2 is 1.79 bits per heavy atom. The quantitative estimate of drug-likeness (QED) is 0.773. The number of primary amides is 1. The molecule has 1 saturated heterocycles. The summed E-state index contributed by atoms with van der Waals surface area (Å²) in [5.41, 5.74) is 11.0. The molecule has 19 heavy (non-hydrogen) atoms. The van der Waals surface area contributed by atoms with Gasteiger partial charge >= 0.3 is 0 Å². The molecule has 2 unspecified atom stereocenters. The predicted molar refractivity (Wildman–Crippen MR) is 79.7 cm³/mol. The summed E-state index contributed by atoms with van der Waals surface area (Å²) >= 11 is 0. The summed E-state index contributed by atoms with van der Waals surface area (Å²) in [5.74, 6) is -0.409. The first-order valence-corrected chi connectivity index (χ1v) is 7.59. The first-order valence-electron chi connectivity index (χ1n) is 7.59. The smallest absolute Gasteiger partial charge is 0.237 e. The molecule has 0 spiro atoms. The van der Waals surface area contributed by atoms with Gasteiger partial charge in [0.2, 0.25) is 5.91 Å². The maximum Gasteiger partial charge on any atom is 0.237 e. The first-order chi connectivity index (χ1) is 8.76. The first kappa shape index (κ1) is 16.4. The van der Waals surface area contributed by atoms with Gasteiger partial charge in [-0.15, -0.1) is 0 Å². The highest BCUT2D eigenvalue weighted by Gasteiger charge is 2.35. The molecule has 0 aromatic rings. The SMILES string of the molecule is CCC1(CC)CCN(C(C)CC(C)(N)C(N)=O)CC1. The van der Waals surface area contributed by atoms with E-state index in [0.29, 0.717) is 17.9 Å². The molecule has 0 radical (unpaired) electrons. The Bertz CT molecular complexity index is 301. The van der Waals surface area contributed by atoms with Crippen LogP contribution in [0.4, 0.5) is 0 Å². The van der Waals surface area contributed by atoms with Crippen molar-refractivity contribution < 1.29 is 4.79 Å². The number of amides is 1. The Morgan fingerprint density at radius 1 is 1.32 bits per heavy atom. The fraction of sp³-hybridized carbons (Fsp3) is 0.933. The molecule has 0 saturated carbocycles. The second-order valence-electron chi connectivity index (χ2n) is 6.58. The van der Waals surface area contributed by atoms with E-state index < -0.39 is 11.4 Å². The number of nitrogens with zero attached hydrogens (tertiary/aromatic N) is 1. The number of nitrogens with two attached hydrogens (primary N) is 2. The number of piperidine rings is 1. The summed E-state index contributed by atoms with van der Waals surface area (Å²) < 4.78 is 0. The summed E-state index contributed by atoms with van der Waals surface area (Å²) in [7, 11) is 0. The predicted octanol–water partition coefficient (Wildman–Crippen LogP) is 1.87. The minimum absolute atomic E-state index is 0.314. The van der Waals surface area contributed by atoms with E-state index in [1.807, 2.05) is 0 Å². The zero-order chi connectivity index (χ0) is 14.7. The summed E-state index contributed by atoms with van der Waals surface area (Å²) in [6, 6.07) is 0.314. The van der Waals surface area contributed by atoms with Crippen molar-refractivity contribution in [3.8, 4) is 0 Å². The average molecular weight is 269 g/mol. The van der Waals surface area contributed by atoms with Gasteiger partial charge in [-0.2, -0.15) is 0 Å². The molecule has 0 aromatic carbocycles. The molecule has 0 aliphatic carbocycles. The van der Waals surface area contributed by atoms with Crippen LogP contribution in [0.15, 0.2) is 0 Å². The highest BCUT2D eigenvalue weighted by Crippen LogP contribution is 2.38. The number of hydrogen-bond acceptors (Lipinski definition) is 3. The molecule has 1 fully saturated rings. The molecule has 112 valence electrons. The minimum atomic E-state index is -0.899. The van der Waals surface area contributed by atoms with Gasteiger partial charge in [-0.1, -0.05) is 26.7 Å². The normalized spacial score (nSPS) is 24.7. The van der Waals surface area contributed by atoms with Crippen molar-refractivity contribution in [3.05, 3.63) is 0 Å². The van der Waals surface area contributed by atoms with Crippen molar-refractivity contribution in [1.82, 2.24) is 4.90 Å². The molecule has 1 rings (SSSR count). The third-order valence-electron chi connectivity index (χ3n) is 5.26. The van der Waals surface area contributed by atoms with E-state index in [9.17, 15) is 4.79 Å². The molecule has 2 atom stereocenters. The fourth-order valence-corrected chi connectivity index (χ4v) is 3.24. The topological polar surface area (TPSA) is 72.3 Å². The number of hydrogen-bond donors (Lipinski definition) is 2. The number of carbonyl (C=O) groups is 1. The van der Waals surface area contributed by atoms with Gasteiger partial charge in [-0.25, -0.2) is 0 Å². The van der Waals surface area contributed by atoms with Crippen LogP contribution >= 0.6 is 0 Å². The molecule has 1 aliphatic heterocycles. The lowest BCUT2D eigenvalue weighted by molar-refractivity contribution is -0.123. The van der Waals surface area contributed by atoms with Crippen molar-refractivity contribution in [2.24, 2.45) is 16.9 Å². The molecular formula is C15H31N3O. The van der Waals surface area contributed by atoms with Crippen LogP contribution in [-0.2, 0) is 4.79 Å². The Morgan fingerprint density at radius 3 is 2.16 bits per heavy atom. The minimum Gasteiger partial charge on any atom is -0.368 e. The van der Waals surface area contributed by atoms with E-state index in [1.165, 1.54) is 25.7 Å². The van der Waals surface area contributed by atoms with Crippen LogP contribution in [0.25, 0.3) is 0 Å². The van der Waals surface area contributed by atoms with Crippen molar-refractivity contribution in [3.63, 3.8) is 0 Å².